The number of carbonyl (C=O) groups is 1. The Morgan fingerprint density at radius 1 is 1.13 bits per heavy atom. The molecule has 1 aromatic heterocycles. The topological polar surface area (TPSA) is 87.6 Å². The van der Waals surface area contributed by atoms with Gasteiger partial charge in [0.05, 0.1) is 5.52 Å². The third kappa shape index (κ3) is 5.57. The van der Waals surface area contributed by atoms with Gasteiger partial charge in [0.25, 0.3) is 0 Å². The summed E-state index contributed by atoms with van der Waals surface area (Å²) in [6, 6.07) is 14.4. The third-order valence-corrected chi connectivity index (χ3v) is 5.32. The quantitative estimate of drug-likeness (QED) is 0.217. The third-order valence-electron chi connectivity index (χ3n) is 5.32. The zero-order chi connectivity index (χ0) is 22.2. The molecular formula is C24H30N4O3. The van der Waals surface area contributed by atoms with Crippen molar-refractivity contribution in [3.63, 3.8) is 0 Å². The number of carbonyl (C=O) groups excluding carboxylic acids is 1. The lowest BCUT2D eigenvalue weighted by Gasteiger charge is -2.25. The standard InChI is InChI=1S/C24H30N4O3/c1-4-18-13-14-20(15-19(18)9-5-8-12-23(29)27-30)28(16-31-3)24-21-10-6-7-11-22(21)25-17(2)26-24/h6-7,10-11,13-15,30H,4-5,8-9,12,16H2,1-3H3,(H,27,29). The maximum absolute atomic E-state index is 11.3. The van der Waals surface area contributed by atoms with Gasteiger partial charge in [-0.05, 0) is 68.0 Å². The zero-order valence-corrected chi connectivity index (χ0v) is 18.4. The minimum atomic E-state index is -0.346. The normalized spacial score (nSPS) is 11.0. The smallest absolute Gasteiger partial charge is 0.243 e. The molecule has 7 heteroatoms. The molecule has 0 aliphatic rings. The molecule has 31 heavy (non-hydrogen) atoms. The zero-order valence-electron chi connectivity index (χ0n) is 18.4. The number of aromatic nitrogens is 2. The van der Waals surface area contributed by atoms with E-state index in [1.807, 2.05) is 31.2 Å². The van der Waals surface area contributed by atoms with Crippen molar-refractivity contribution in [1.29, 1.82) is 0 Å². The first-order valence-electron chi connectivity index (χ1n) is 10.6. The molecule has 1 heterocycles. The Morgan fingerprint density at radius 2 is 1.94 bits per heavy atom. The number of hydrogen-bond acceptors (Lipinski definition) is 6. The van der Waals surface area contributed by atoms with Crippen LogP contribution in [0.15, 0.2) is 42.5 Å². The Hall–Kier alpha value is -3.03. The highest BCUT2D eigenvalue weighted by Crippen LogP contribution is 2.32. The molecular weight excluding hydrogens is 392 g/mol. The molecule has 0 aliphatic carbocycles. The minimum Gasteiger partial charge on any atom is -0.364 e. The molecule has 0 saturated heterocycles. The number of benzene rings is 2. The Labute approximate surface area is 183 Å². The Balaban J connectivity index is 1.94. The number of hydrogen-bond donors (Lipinski definition) is 2. The van der Waals surface area contributed by atoms with E-state index < -0.39 is 0 Å². The van der Waals surface area contributed by atoms with E-state index >= 15 is 0 Å². The number of ether oxygens (including phenoxy) is 1. The van der Waals surface area contributed by atoms with Crippen LogP contribution in [-0.4, -0.2) is 34.9 Å². The summed E-state index contributed by atoms with van der Waals surface area (Å²) in [6.07, 6.45) is 3.70. The summed E-state index contributed by atoms with van der Waals surface area (Å²) in [6.45, 7) is 4.41. The summed E-state index contributed by atoms with van der Waals surface area (Å²) < 4.78 is 5.53. The average Bonchev–Trinajstić information content (AvgIpc) is 2.79. The van der Waals surface area contributed by atoms with Crippen LogP contribution in [-0.2, 0) is 22.4 Å². The molecule has 7 nitrogen and oxygen atoms in total. The van der Waals surface area contributed by atoms with Crippen molar-refractivity contribution in [3.8, 4) is 0 Å². The van der Waals surface area contributed by atoms with Crippen LogP contribution in [0.5, 0.6) is 0 Å². The van der Waals surface area contributed by atoms with Crippen molar-refractivity contribution in [2.45, 2.75) is 46.0 Å². The summed E-state index contributed by atoms with van der Waals surface area (Å²) in [4.78, 5) is 22.6. The molecule has 1 amide bonds. The van der Waals surface area contributed by atoms with E-state index in [1.54, 1.807) is 12.6 Å². The number of rotatable bonds is 10. The number of methoxy groups -OCH3 is 1. The number of anilines is 2. The van der Waals surface area contributed by atoms with Gasteiger partial charge in [0, 0.05) is 24.6 Å². The van der Waals surface area contributed by atoms with Crippen LogP contribution in [0.4, 0.5) is 11.5 Å². The van der Waals surface area contributed by atoms with Gasteiger partial charge in [0.2, 0.25) is 5.91 Å². The fourth-order valence-electron chi connectivity index (χ4n) is 3.78. The fraction of sp³-hybridized carbons (Fsp3) is 0.375. The van der Waals surface area contributed by atoms with Crippen molar-refractivity contribution < 1.29 is 14.7 Å². The lowest BCUT2D eigenvalue weighted by molar-refractivity contribution is -0.129. The van der Waals surface area contributed by atoms with Crippen molar-refractivity contribution in [2.75, 3.05) is 18.7 Å². The highest BCUT2D eigenvalue weighted by atomic mass is 16.5. The van der Waals surface area contributed by atoms with Crippen LogP contribution in [0.3, 0.4) is 0 Å². The van der Waals surface area contributed by atoms with E-state index in [1.165, 1.54) is 11.1 Å². The Morgan fingerprint density at radius 3 is 2.68 bits per heavy atom. The van der Waals surface area contributed by atoms with E-state index in [0.29, 0.717) is 19.0 Å². The van der Waals surface area contributed by atoms with Gasteiger partial charge in [-0.25, -0.2) is 15.4 Å². The van der Waals surface area contributed by atoms with Gasteiger partial charge in [0.15, 0.2) is 0 Å². The van der Waals surface area contributed by atoms with E-state index in [-0.39, 0.29) is 5.91 Å². The number of nitrogens with zero attached hydrogens (tertiary/aromatic N) is 3. The predicted molar refractivity (Wildman–Crippen MR) is 122 cm³/mol. The number of unbranched alkanes of at least 4 members (excludes halogenated alkanes) is 1. The Kier molecular flexibility index (Phi) is 7.92. The van der Waals surface area contributed by atoms with Crippen LogP contribution >= 0.6 is 0 Å². The molecule has 0 aliphatic heterocycles. The van der Waals surface area contributed by atoms with Gasteiger partial charge in [0.1, 0.15) is 18.4 Å². The predicted octanol–water partition coefficient (Wildman–Crippen LogP) is 4.46. The Bertz CT molecular complexity index is 1040. The molecule has 3 rings (SSSR count). The minimum absolute atomic E-state index is 0.319. The number of hydroxylamine groups is 1. The number of aryl methyl sites for hydroxylation is 3. The molecule has 0 fully saturated rings. The average molecular weight is 423 g/mol. The molecule has 3 aromatic rings. The number of para-hydroxylation sites is 1. The van der Waals surface area contributed by atoms with Gasteiger partial charge in [-0.2, -0.15) is 0 Å². The van der Waals surface area contributed by atoms with Crippen LogP contribution in [0.25, 0.3) is 10.9 Å². The van der Waals surface area contributed by atoms with Crippen LogP contribution in [0.2, 0.25) is 0 Å². The van der Waals surface area contributed by atoms with Crippen molar-refractivity contribution in [3.05, 3.63) is 59.4 Å². The maximum Gasteiger partial charge on any atom is 0.243 e. The molecule has 2 N–H and O–H groups in total. The molecule has 0 atom stereocenters. The van der Waals surface area contributed by atoms with Crippen LogP contribution in [0.1, 0.15) is 43.1 Å². The van der Waals surface area contributed by atoms with Crippen LogP contribution < -0.4 is 10.4 Å². The lowest BCUT2D eigenvalue weighted by atomic mass is 9.98. The first-order chi connectivity index (χ1) is 15.1. The number of nitrogens with one attached hydrogen (secondary N) is 1. The molecule has 0 unspecified atom stereocenters. The van der Waals surface area contributed by atoms with E-state index in [9.17, 15) is 4.79 Å². The number of fused-ring (bicyclic) bond motifs is 1. The van der Waals surface area contributed by atoms with Crippen molar-refractivity contribution in [1.82, 2.24) is 15.4 Å². The van der Waals surface area contributed by atoms with E-state index in [2.05, 4.69) is 35.0 Å². The van der Waals surface area contributed by atoms with E-state index in [4.69, 9.17) is 14.9 Å². The molecule has 0 radical (unpaired) electrons. The van der Waals surface area contributed by atoms with Crippen LogP contribution in [0, 0.1) is 6.92 Å². The largest absolute Gasteiger partial charge is 0.364 e. The summed E-state index contributed by atoms with van der Waals surface area (Å²) in [5.74, 6) is 1.18. The summed E-state index contributed by atoms with van der Waals surface area (Å²) in [5, 5.41) is 9.63. The fourth-order valence-corrected chi connectivity index (χ4v) is 3.78. The maximum atomic E-state index is 11.3. The highest BCUT2D eigenvalue weighted by Gasteiger charge is 2.17. The van der Waals surface area contributed by atoms with Gasteiger partial charge in [-0.15, -0.1) is 0 Å². The SMILES string of the molecule is CCc1ccc(N(COC)c2nc(C)nc3ccccc23)cc1CCCCC(=O)NO. The summed E-state index contributed by atoms with van der Waals surface area (Å²) in [7, 11) is 1.68. The molecule has 0 bridgehead atoms. The second-order valence-electron chi connectivity index (χ2n) is 7.51. The first-order valence-corrected chi connectivity index (χ1v) is 10.6. The second kappa shape index (κ2) is 10.8. The lowest BCUT2D eigenvalue weighted by Crippen LogP contribution is -2.22. The second-order valence-corrected chi connectivity index (χ2v) is 7.51. The van der Waals surface area contributed by atoms with E-state index in [0.717, 1.165) is 48.1 Å². The molecule has 0 saturated carbocycles. The first kappa shape index (κ1) is 22.7. The molecule has 164 valence electrons. The van der Waals surface area contributed by atoms with Gasteiger partial charge < -0.3 is 9.64 Å². The molecule has 2 aromatic carbocycles. The molecule has 0 spiro atoms. The summed E-state index contributed by atoms with van der Waals surface area (Å²) in [5.41, 5.74) is 6.14. The van der Waals surface area contributed by atoms with Crippen molar-refractivity contribution in [2.24, 2.45) is 0 Å². The van der Waals surface area contributed by atoms with Gasteiger partial charge >= 0.3 is 0 Å². The van der Waals surface area contributed by atoms with Gasteiger partial charge in [-0.1, -0.05) is 25.1 Å². The van der Waals surface area contributed by atoms with Crippen molar-refractivity contribution >= 4 is 28.3 Å². The highest BCUT2D eigenvalue weighted by molar-refractivity contribution is 5.91. The monoisotopic (exact) mass is 422 g/mol. The summed E-state index contributed by atoms with van der Waals surface area (Å²) >= 11 is 0. The van der Waals surface area contributed by atoms with Gasteiger partial charge in [-0.3, -0.25) is 10.0 Å². The number of amides is 1.